The highest BCUT2D eigenvalue weighted by molar-refractivity contribution is 5.76. The zero-order valence-electron chi connectivity index (χ0n) is 18.4. The van der Waals surface area contributed by atoms with E-state index in [0.29, 0.717) is 13.0 Å². The van der Waals surface area contributed by atoms with Gasteiger partial charge in [0.15, 0.2) is 0 Å². The normalized spacial score (nSPS) is 17.6. The van der Waals surface area contributed by atoms with Crippen LogP contribution in [0.4, 0.5) is 17.1 Å². The Balaban J connectivity index is 1.92. The van der Waals surface area contributed by atoms with Gasteiger partial charge in [-0.25, -0.2) is 0 Å². The van der Waals surface area contributed by atoms with Crippen LogP contribution in [0.2, 0.25) is 0 Å². The van der Waals surface area contributed by atoms with Crippen molar-refractivity contribution in [1.82, 2.24) is 0 Å². The number of carbonyl (C=O) groups excluding carboxylic acids is 1. The molecule has 0 aromatic heterocycles. The molecule has 0 bridgehead atoms. The van der Waals surface area contributed by atoms with Crippen LogP contribution in [-0.4, -0.2) is 45.8 Å². The standard InChI is InChI=1S/C25H34N2O3/c1-4-5-20-6-9-23(10-7-20)26-24-16-21(22(12-14-28)18-29-3)8-11-25(24)27-13-15-30-19(2)17-27/h6-11,14,16,19,22,26H,4-5,12-13,15,17-18H2,1-3H3. The molecule has 1 saturated heterocycles. The van der Waals surface area contributed by atoms with E-state index in [1.807, 2.05) is 0 Å². The number of methoxy groups -OCH3 is 1. The molecule has 1 aliphatic heterocycles. The van der Waals surface area contributed by atoms with Gasteiger partial charge in [-0.05, 0) is 48.7 Å². The SMILES string of the molecule is CCCc1ccc(Nc2cc(C(CC=O)COC)ccc2N2CCOC(C)C2)cc1. The fourth-order valence-electron chi connectivity index (χ4n) is 4.04. The predicted octanol–water partition coefficient (Wildman–Crippen LogP) is 4.93. The van der Waals surface area contributed by atoms with Crippen LogP contribution >= 0.6 is 0 Å². The Morgan fingerprint density at radius 1 is 1.27 bits per heavy atom. The molecule has 0 aliphatic carbocycles. The van der Waals surface area contributed by atoms with Crippen LogP contribution in [0.25, 0.3) is 0 Å². The van der Waals surface area contributed by atoms with Gasteiger partial charge in [0, 0.05) is 38.2 Å². The lowest BCUT2D eigenvalue weighted by Crippen LogP contribution is -2.41. The van der Waals surface area contributed by atoms with E-state index in [9.17, 15) is 4.79 Å². The maximum atomic E-state index is 11.2. The largest absolute Gasteiger partial charge is 0.384 e. The summed E-state index contributed by atoms with van der Waals surface area (Å²) in [5.74, 6) is 0.0534. The van der Waals surface area contributed by atoms with Crippen LogP contribution in [-0.2, 0) is 20.7 Å². The highest BCUT2D eigenvalue weighted by atomic mass is 16.5. The predicted molar refractivity (Wildman–Crippen MR) is 123 cm³/mol. The summed E-state index contributed by atoms with van der Waals surface area (Å²) in [4.78, 5) is 13.6. The van der Waals surface area contributed by atoms with E-state index in [0.717, 1.165) is 61.4 Å². The van der Waals surface area contributed by atoms with Crippen LogP contribution in [0.1, 0.15) is 43.7 Å². The van der Waals surface area contributed by atoms with E-state index in [1.165, 1.54) is 5.56 Å². The van der Waals surface area contributed by atoms with Gasteiger partial charge in [0.1, 0.15) is 6.29 Å². The average molecular weight is 411 g/mol. The molecule has 2 aromatic carbocycles. The first-order chi connectivity index (χ1) is 14.6. The molecule has 0 radical (unpaired) electrons. The Kier molecular flexibility index (Phi) is 8.29. The van der Waals surface area contributed by atoms with E-state index < -0.39 is 0 Å². The Hall–Kier alpha value is -2.37. The minimum absolute atomic E-state index is 0.0534. The van der Waals surface area contributed by atoms with Crippen molar-refractivity contribution in [3.63, 3.8) is 0 Å². The van der Waals surface area contributed by atoms with Gasteiger partial charge in [0.25, 0.3) is 0 Å². The zero-order valence-corrected chi connectivity index (χ0v) is 18.4. The fourth-order valence-corrected chi connectivity index (χ4v) is 4.04. The molecule has 5 heteroatoms. The van der Waals surface area contributed by atoms with Crippen LogP contribution in [0, 0.1) is 0 Å². The number of nitrogens with one attached hydrogen (secondary N) is 1. The van der Waals surface area contributed by atoms with E-state index in [1.54, 1.807) is 7.11 Å². The fraction of sp³-hybridized carbons (Fsp3) is 0.480. The molecule has 0 spiro atoms. The average Bonchev–Trinajstić information content (AvgIpc) is 2.75. The summed E-state index contributed by atoms with van der Waals surface area (Å²) in [6, 6.07) is 15.1. The van der Waals surface area contributed by atoms with Crippen LogP contribution in [0.5, 0.6) is 0 Å². The molecular weight excluding hydrogens is 376 g/mol. The van der Waals surface area contributed by atoms with Crippen LogP contribution in [0.15, 0.2) is 42.5 Å². The smallest absolute Gasteiger partial charge is 0.120 e. The summed E-state index contributed by atoms with van der Waals surface area (Å²) in [5, 5.41) is 3.62. The van der Waals surface area contributed by atoms with E-state index in [2.05, 4.69) is 66.5 Å². The third-order valence-corrected chi connectivity index (χ3v) is 5.59. The Bertz CT molecular complexity index is 807. The quantitative estimate of drug-likeness (QED) is 0.563. The molecule has 3 rings (SSSR count). The van der Waals surface area contributed by atoms with E-state index in [4.69, 9.17) is 9.47 Å². The van der Waals surface area contributed by atoms with Crippen LogP contribution in [0.3, 0.4) is 0 Å². The molecule has 1 heterocycles. The molecule has 2 unspecified atom stereocenters. The number of ether oxygens (including phenoxy) is 2. The second kappa shape index (κ2) is 11.1. The third kappa shape index (κ3) is 5.83. The molecule has 2 aromatic rings. The van der Waals surface area contributed by atoms with Gasteiger partial charge in [-0.2, -0.15) is 0 Å². The number of hydrogen-bond donors (Lipinski definition) is 1. The second-order valence-corrected chi connectivity index (χ2v) is 8.03. The number of aldehydes is 1. The summed E-state index contributed by atoms with van der Waals surface area (Å²) in [7, 11) is 1.68. The van der Waals surface area contributed by atoms with Crippen molar-refractivity contribution in [2.75, 3.05) is 43.6 Å². The molecule has 0 amide bonds. The van der Waals surface area contributed by atoms with Gasteiger partial charge in [-0.15, -0.1) is 0 Å². The highest BCUT2D eigenvalue weighted by Gasteiger charge is 2.21. The summed E-state index contributed by atoms with van der Waals surface area (Å²) >= 11 is 0. The molecule has 30 heavy (non-hydrogen) atoms. The van der Waals surface area contributed by atoms with Gasteiger partial charge in [0.05, 0.1) is 30.7 Å². The number of morpholine rings is 1. The second-order valence-electron chi connectivity index (χ2n) is 8.03. The third-order valence-electron chi connectivity index (χ3n) is 5.59. The first-order valence-corrected chi connectivity index (χ1v) is 10.9. The number of nitrogens with zero attached hydrogens (tertiary/aromatic N) is 1. The van der Waals surface area contributed by atoms with Gasteiger partial charge < -0.3 is 24.5 Å². The Morgan fingerprint density at radius 2 is 2.07 bits per heavy atom. The molecular formula is C25H34N2O3. The van der Waals surface area contributed by atoms with Gasteiger partial charge >= 0.3 is 0 Å². The highest BCUT2D eigenvalue weighted by Crippen LogP contribution is 2.34. The lowest BCUT2D eigenvalue weighted by molar-refractivity contribution is -0.108. The van der Waals surface area contributed by atoms with Gasteiger partial charge in [-0.1, -0.05) is 31.5 Å². The number of anilines is 3. The summed E-state index contributed by atoms with van der Waals surface area (Å²) in [6.07, 6.45) is 3.87. The molecule has 1 fully saturated rings. The lowest BCUT2D eigenvalue weighted by atomic mass is 9.95. The first-order valence-electron chi connectivity index (χ1n) is 10.9. The van der Waals surface area contributed by atoms with Crippen molar-refractivity contribution >= 4 is 23.3 Å². The number of hydrogen-bond acceptors (Lipinski definition) is 5. The monoisotopic (exact) mass is 410 g/mol. The van der Waals surface area contributed by atoms with Crippen molar-refractivity contribution in [3.05, 3.63) is 53.6 Å². The molecule has 1 aliphatic rings. The number of carbonyl (C=O) groups is 1. The molecule has 2 atom stereocenters. The minimum Gasteiger partial charge on any atom is -0.384 e. The van der Waals surface area contributed by atoms with Crippen molar-refractivity contribution in [1.29, 1.82) is 0 Å². The van der Waals surface area contributed by atoms with Crippen molar-refractivity contribution < 1.29 is 14.3 Å². The van der Waals surface area contributed by atoms with Gasteiger partial charge in [-0.3, -0.25) is 0 Å². The molecule has 0 saturated carbocycles. The Labute approximate surface area is 180 Å². The van der Waals surface area contributed by atoms with Crippen molar-refractivity contribution in [2.45, 2.75) is 45.1 Å². The van der Waals surface area contributed by atoms with E-state index in [-0.39, 0.29) is 12.0 Å². The summed E-state index contributed by atoms with van der Waals surface area (Å²) in [5.41, 5.74) is 5.74. The first kappa shape index (κ1) is 22.3. The number of benzene rings is 2. The summed E-state index contributed by atoms with van der Waals surface area (Å²) < 4.78 is 11.1. The van der Waals surface area contributed by atoms with Crippen molar-refractivity contribution in [2.24, 2.45) is 0 Å². The maximum Gasteiger partial charge on any atom is 0.120 e. The van der Waals surface area contributed by atoms with E-state index >= 15 is 0 Å². The lowest BCUT2D eigenvalue weighted by Gasteiger charge is -2.34. The molecule has 162 valence electrons. The molecule has 5 nitrogen and oxygen atoms in total. The topological polar surface area (TPSA) is 50.8 Å². The van der Waals surface area contributed by atoms with Crippen LogP contribution < -0.4 is 10.2 Å². The Morgan fingerprint density at radius 3 is 2.73 bits per heavy atom. The minimum atomic E-state index is 0.0534. The zero-order chi connectivity index (χ0) is 21.3. The summed E-state index contributed by atoms with van der Waals surface area (Å²) in [6.45, 7) is 7.29. The van der Waals surface area contributed by atoms with Gasteiger partial charge in [0.2, 0.25) is 0 Å². The number of rotatable bonds is 10. The van der Waals surface area contributed by atoms with Crippen molar-refractivity contribution in [3.8, 4) is 0 Å². The maximum absolute atomic E-state index is 11.2. The molecule has 1 N–H and O–H groups in total. The number of aryl methyl sites for hydroxylation is 1.